The fraction of sp³-hybridized carbons (Fsp3) is 0. The van der Waals surface area contributed by atoms with E-state index in [1.807, 2.05) is 0 Å². The second kappa shape index (κ2) is 5.50. The van der Waals surface area contributed by atoms with Gasteiger partial charge in [0.1, 0.15) is 0 Å². The standard InChI is InChI=1S/C24H12O8/c25-13-1-7-9-5-17(29)24(32)22-12-4-16(28)14(26)2-8(12)10-6-18(30)23(31)21(20(10)19(9)22)11(7)3-15(13)27/h1-6,25-30H. The largest absolute Gasteiger partial charge is 0.504 e. The first-order chi connectivity index (χ1) is 15.2. The van der Waals surface area contributed by atoms with Gasteiger partial charge in [-0.15, -0.1) is 0 Å². The highest BCUT2D eigenvalue weighted by Crippen LogP contribution is 2.50. The van der Waals surface area contributed by atoms with Crippen LogP contribution in [-0.4, -0.2) is 42.2 Å². The van der Waals surface area contributed by atoms with Gasteiger partial charge in [0.2, 0.25) is 11.6 Å². The SMILES string of the molecule is O=C1C(O)=Cc2c3cc(O)c(O)cc3c3c4c(c5cc(O)c(O)cc5c1c24)C=C(O)C3=O. The van der Waals surface area contributed by atoms with Crippen molar-refractivity contribution in [3.63, 3.8) is 0 Å². The summed E-state index contributed by atoms with van der Waals surface area (Å²) in [4.78, 5) is 26.1. The average molecular weight is 428 g/mol. The zero-order valence-corrected chi connectivity index (χ0v) is 16.0. The van der Waals surface area contributed by atoms with Gasteiger partial charge in [0.05, 0.1) is 0 Å². The monoisotopic (exact) mass is 428 g/mol. The number of aliphatic hydroxyl groups excluding tert-OH is 2. The first kappa shape index (κ1) is 18.1. The van der Waals surface area contributed by atoms with Gasteiger partial charge in [0.25, 0.3) is 0 Å². The lowest BCUT2D eigenvalue weighted by atomic mass is 9.77. The maximum atomic E-state index is 13.0. The Bertz CT molecular complexity index is 1580. The second-order valence-corrected chi connectivity index (χ2v) is 7.82. The molecule has 0 saturated carbocycles. The van der Waals surface area contributed by atoms with Crippen LogP contribution in [0.4, 0.5) is 0 Å². The van der Waals surface area contributed by atoms with Crippen molar-refractivity contribution in [2.75, 3.05) is 0 Å². The van der Waals surface area contributed by atoms with E-state index in [1.54, 1.807) is 0 Å². The fourth-order valence-corrected chi connectivity index (χ4v) is 4.77. The first-order valence-corrected chi connectivity index (χ1v) is 9.46. The molecular weight excluding hydrogens is 416 g/mol. The summed E-state index contributed by atoms with van der Waals surface area (Å²) in [6.07, 6.45) is 2.43. The van der Waals surface area contributed by atoms with Crippen LogP contribution in [-0.2, 0) is 0 Å². The van der Waals surface area contributed by atoms with E-state index in [4.69, 9.17) is 0 Å². The molecule has 0 saturated heterocycles. The van der Waals surface area contributed by atoms with Crippen LogP contribution in [0.1, 0.15) is 31.8 Å². The molecular formula is C24H12O8. The van der Waals surface area contributed by atoms with Gasteiger partial charge < -0.3 is 30.6 Å². The Morgan fingerprint density at radius 2 is 0.781 bits per heavy atom. The van der Waals surface area contributed by atoms with Crippen molar-refractivity contribution < 1.29 is 40.2 Å². The number of fused-ring (bicyclic) bond motifs is 6. The van der Waals surface area contributed by atoms with E-state index in [0.29, 0.717) is 11.1 Å². The first-order valence-electron chi connectivity index (χ1n) is 9.46. The maximum Gasteiger partial charge on any atom is 0.228 e. The highest BCUT2D eigenvalue weighted by atomic mass is 16.3. The Morgan fingerprint density at radius 1 is 0.469 bits per heavy atom. The summed E-state index contributed by atoms with van der Waals surface area (Å²) < 4.78 is 0. The molecule has 156 valence electrons. The summed E-state index contributed by atoms with van der Waals surface area (Å²) >= 11 is 0. The quantitative estimate of drug-likeness (QED) is 0.180. The van der Waals surface area contributed by atoms with Crippen molar-refractivity contribution >= 4 is 56.0 Å². The summed E-state index contributed by atoms with van der Waals surface area (Å²) in [7, 11) is 0. The highest BCUT2D eigenvalue weighted by molar-refractivity contribution is 6.39. The number of phenols is 4. The number of aromatic hydroxyl groups is 4. The number of ketones is 2. The molecule has 4 aromatic carbocycles. The molecule has 6 N–H and O–H groups in total. The van der Waals surface area contributed by atoms with Crippen LogP contribution in [0.25, 0.3) is 44.5 Å². The van der Waals surface area contributed by atoms with Crippen LogP contribution in [0, 0.1) is 0 Å². The number of phenolic OH excluding ortho intramolecular Hbond substituents is 4. The molecule has 4 aromatic rings. The normalized spacial score (nSPS) is 14.9. The van der Waals surface area contributed by atoms with E-state index in [9.17, 15) is 40.2 Å². The van der Waals surface area contributed by atoms with E-state index < -0.39 is 46.1 Å². The molecule has 0 amide bonds. The van der Waals surface area contributed by atoms with Crippen molar-refractivity contribution in [1.29, 1.82) is 0 Å². The third-order valence-electron chi connectivity index (χ3n) is 6.12. The van der Waals surface area contributed by atoms with Crippen molar-refractivity contribution in [2.24, 2.45) is 0 Å². The Labute approximate surface area is 177 Å². The van der Waals surface area contributed by atoms with Crippen molar-refractivity contribution in [1.82, 2.24) is 0 Å². The van der Waals surface area contributed by atoms with E-state index in [1.165, 1.54) is 36.4 Å². The van der Waals surface area contributed by atoms with Crippen molar-refractivity contribution in [3.05, 3.63) is 58.0 Å². The number of Topliss-reactive ketones (excluding diaryl/α,β-unsaturated/α-hetero) is 2. The van der Waals surface area contributed by atoms with Crippen LogP contribution in [0.3, 0.4) is 0 Å². The predicted octanol–water partition coefficient (Wildman–Crippen LogP) is 4.16. The van der Waals surface area contributed by atoms with E-state index in [2.05, 4.69) is 0 Å². The van der Waals surface area contributed by atoms with Crippen molar-refractivity contribution in [3.8, 4) is 23.0 Å². The van der Waals surface area contributed by atoms with Crippen LogP contribution >= 0.6 is 0 Å². The third-order valence-corrected chi connectivity index (χ3v) is 6.12. The summed E-state index contributed by atoms with van der Waals surface area (Å²) in [5, 5.41) is 62.7. The fourth-order valence-electron chi connectivity index (χ4n) is 4.77. The minimum absolute atomic E-state index is 0.00218. The van der Waals surface area contributed by atoms with Gasteiger partial charge in [-0.2, -0.15) is 0 Å². The van der Waals surface area contributed by atoms with E-state index in [-0.39, 0.29) is 43.4 Å². The lowest BCUT2D eigenvalue weighted by Crippen LogP contribution is -2.16. The van der Waals surface area contributed by atoms with Gasteiger partial charge in [-0.3, -0.25) is 9.59 Å². The molecule has 0 radical (unpaired) electrons. The lowest BCUT2D eigenvalue weighted by Gasteiger charge is -2.25. The number of benzene rings is 4. The molecule has 0 aliphatic heterocycles. The number of hydrogen-bond acceptors (Lipinski definition) is 8. The lowest BCUT2D eigenvalue weighted by molar-refractivity contribution is 0.0974. The topological polar surface area (TPSA) is 156 Å². The van der Waals surface area contributed by atoms with Gasteiger partial charge in [-0.05, 0) is 69.1 Å². The summed E-state index contributed by atoms with van der Waals surface area (Å²) in [5.41, 5.74) is 0.642. The highest BCUT2D eigenvalue weighted by Gasteiger charge is 2.34. The number of carbonyl (C=O) groups is 2. The number of aliphatic hydroxyl groups is 2. The Balaban J connectivity index is 2.05. The van der Waals surface area contributed by atoms with Gasteiger partial charge in [-0.1, -0.05) is 0 Å². The minimum Gasteiger partial charge on any atom is -0.504 e. The molecule has 0 aromatic heterocycles. The van der Waals surface area contributed by atoms with Gasteiger partial charge in [-0.25, -0.2) is 0 Å². The minimum atomic E-state index is -0.751. The molecule has 0 fully saturated rings. The van der Waals surface area contributed by atoms with Crippen molar-refractivity contribution in [2.45, 2.75) is 0 Å². The Hall–Kier alpha value is -4.72. The van der Waals surface area contributed by atoms with E-state index >= 15 is 0 Å². The molecule has 0 atom stereocenters. The summed E-state index contributed by atoms with van der Waals surface area (Å²) in [6, 6.07) is 4.77. The van der Waals surface area contributed by atoms with Gasteiger partial charge in [0.15, 0.2) is 34.5 Å². The van der Waals surface area contributed by atoms with Gasteiger partial charge in [0, 0.05) is 21.9 Å². The number of rotatable bonds is 0. The predicted molar refractivity (Wildman–Crippen MR) is 115 cm³/mol. The third kappa shape index (κ3) is 1.96. The number of carbonyl (C=O) groups excluding carboxylic acids is 2. The molecule has 6 rings (SSSR count). The molecule has 0 spiro atoms. The van der Waals surface area contributed by atoms with Crippen LogP contribution in [0.15, 0.2) is 35.8 Å². The molecule has 2 aliphatic carbocycles. The maximum absolute atomic E-state index is 13.0. The molecule has 0 heterocycles. The smallest absolute Gasteiger partial charge is 0.228 e. The summed E-state index contributed by atoms with van der Waals surface area (Å²) in [5.74, 6) is -4.62. The zero-order valence-electron chi connectivity index (χ0n) is 16.0. The molecule has 32 heavy (non-hydrogen) atoms. The molecule has 0 bridgehead atoms. The Kier molecular flexibility index (Phi) is 3.11. The van der Waals surface area contributed by atoms with E-state index in [0.717, 1.165) is 0 Å². The van der Waals surface area contributed by atoms with Crippen LogP contribution in [0.5, 0.6) is 23.0 Å². The Morgan fingerprint density at radius 3 is 1.12 bits per heavy atom. The second-order valence-electron chi connectivity index (χ2n) is 7.82. The van der Waals surface area contributed by atoms with Gasteiger partial charge >= 0.3 is 0 Å². The molecule has 8 nitrogen and oxygen atoms in total. The average Bonchev–Trinajstić information content (AvgIpc) is 2.74. The molecule has 2 aliphatic rings. The number of hydrogen-bond donors (Lipinski definition) is 6. The number of allylic oxidation sites excluding steroid dienone is 2. The molecule has 0 unspecified atom stereocenters. The summed E-state index contributed by atoms with van der Waals surface area (Å²) in [6.45, 7) is 0. The van der Waals surface area contributed by atoms with Crippen LogP contribution in [0.2, 0.25) is 0 Å². The zero-order chi connectivity index (χ0) is 22.6. The molecule has 8 heteroatoms. The van der Waals surface area contributed by atoms with Crippen LogP contribution < -0.4 is 0 Å².